The van der Waals surface area contributed by atoms with Gasteiger partial charge in [-0.3, -0.25) is 0 Å². The van der Waals surface area contributed by atoms with Crippen molar-refractivity contribution >= 4 is 35.1 Å². The van der Waals surface area contributed by atoms with Gasteiger partial charge in [-0.25, -0.2) is 0 Å². The van der Waals surface area contributed by atoms with Crippen molar-refractivity contribution in [3.63, 3.8) is 0 Å². The van der Waals surface area contributed by atoms with Gasteiger partial charge >= 0.3 is 187 Å². The van der Waals surface area contributed by atoms with Crippen molar-refractivity contribution in [2.75, 3.05) is 0 Å². The van der Waals surface area contributed by atoms with Crippen LogP contribution in [0.1, 0.15) is 0 Å². The minimum atomic E-state index is -4.65. The average Bonchev–Trinajstić information content (AvgIpc) is 2.88. The molecule has 0 unspecified atom stereocenters. The Morgan fingerprint density at radius 3 is 0.548 bits per heavy atom. The summed E-state index contributed by atoms with van der Waals surface area (Å²) < 4.78 is 7.17. The fraction of sp³-hybridized carbons (Fsp3) is 0. The number of rotatable bonds is 5. The zero-order chi connectivity index (χ0) is 21.0. The second-order valence-electron chi connectivity index (χ2n) is 7.80. The topological polar surface area (TPSA) is 0 Å². The summed E-state index contributed by atoms with van der Waals surface area (Å²) in [6.07, 6.45) is 0. The second-order valence-corrected chi connectivity index (χ2v) is 26.5. The molecule has 0 atom stereocenters. The van der Waals surface area contributed by atoms with E-state index in [0.717, 1.165) is 0 Å². The van der Waals surface area contributed by atoms with Gasteiger partial charge in [-0.15, -0.1) is 0 Å². The molecule has 5 rings (SSSR count). The van der Waals surface area contributed by atoms with E-state index >= 15 is 0 Å². The zero-order valence-electron chi connectivity index (χ0n) is 17.4. The molecule has 0 fully saturated rings. The van der Waals surface area contributed by atoms with E-state index in [-0.39, 0.29) is 0 Å². The first kappa shape index (κ1) is 19.9. The van der Waals surface area contributed by atoms with Crippen molar-refractivity contribution in [3.05, 3.63) is 152 Å². The van der Waals surface area contributed by atoms with E-state index in [1.807, 2.05) is 0 Å². The van der Waals surface area contributed by atoms with Crippen LogP contribution < -0.4 is 16.4 Å². The van der Waals surface area contributed by atoms with E-state index in [0.29, 0.717) is 0 Å². The van der Waals surface area contributed by atoms with Crippen molar-refractivity contribution in [1.29, 1.82) is 0 Å². The Hall–Kier alpha value is -3.02. The molecule has 0 bridgehead atoms. The molecular weight excluding hydrogens is 569 g/mol. The summed E-state index contributed by atoms with van der Waals surface area (Å²) >= 11 is -4.65. The molecular formula is C30H25Bi. The summed E-state index contributed by atoms with van der Waals surface area (Å²) in [5.41, 5.74) is 0. The van der Waals surface area contributed by atoms with Gasteiger partial charge in [0.2, 0.25) is 0 Å². The quantitative estimate of drug-likeness (QED) is 0.271. The van der Waals surface area contributed by atoms with Crippen molar-refractivity contribution in [3.8, 4) is 0 Å². The van der Waals surface area contributed by atoms with E-state index in [1.165, 1.54) is 16.4 Å². The van der Waals surface area contributed by atoms with Gasteiger partial charge in [-0.2, -0.15) is 0 Å². The average molecular weight is 595 g/mol. The van der Waals surface area contributed by atoms with E-state index in [4.69, 9.17) is 0 Å². The van der Waals surface area contributed by atoms with Gasteiger partial charge in [0.25, 0.3) is 0 Å². The Bertz CT molecular complexity index is 1000. The SMILES string of the molecule is c1cc[c]([Bi]([c]2ccccc2)([c]2ccccc2)([c]2ccccc2)[c]2ccccc2)cc1. The van der Waals surface area contributed by atoms with Crippen molar-refractivity contribution in [2.45, 2.75) is 0 Å². The Labute approximate surface area is 186 Å². The molecule has 5 aromatic carbocycles. The van der Waals surface area contributed by atoms with Crippen molar-refractivity contribution < 1.29 is 0 Å². The van der Waals surface area contributed by atoms with Gasteiger partial charge in [0.05, 0.1) is 0 Å². The standard InChI is InChI=1S/5C6H5.Bi/c5*1-2-4-6-5-3-1;/h5*1-5H;. The fourth-order valence-corrected chi connectivity index (χ4v) is 31.6. The third-order valence-corrected chi connectivity index (χ3v) is 32.2. The Morgan fingerprint density at radius 1 is 0.226 bits per heavy atom. The summed E-state index contributed by atoms with van der Waals surface area (Å²) in [6, 6.07) is 56.1. The van der Waals surface area contributed by atoms with E-state index in [2.05, 4.69) is 152 Å². The molecule has 31 heavy (non-hydrogen) atoms. The molecule has 0 nitrogen and oxygen atoms in total. The van der Waals surface area contributed by atoms with Crippen LogP contribution in [-0.2, 0) is 0 Å². The first-order chi connectivity index (χ1) is 15.4. The van der Waals surface area contributed by atoms with Crippen LogP contribution >= 0.6 is 0 Å². The van der Waals surface area contributed by atoms with Gasteiger partial charge in [-0.1, -0.05) is 0 Å². The van der Waals surface area contributed by atoms with Crippen LogP contribution in [0.5, 0.6) is 0 Å². The maximum absolute atomic E-state index is 4.65. The zero-order valence-corrected chi connectivity index (χ0v) is 20.9. The molecule has 0 aliphatic carbocycles. The molecule has 0 aliphatic heterocycles. The van der Waals surface area contributed by atoms with Crippen molar-refractivity contribution in [1.82, 2.24) is 0 Å². The summed E-state index contributed by atoms with van der Waals surface area (Å²) in [5, 5.41) is 0. The summed E-state index contributed by atoms with van der Waals surface area (Å²) in [4.78, 5) is 0. The predicted octanol–water partition coefficient (Wildman–Crippen LogP) is 3.93. The third-order valence-electron chi connectivity index (χ3n) is 6.36. The number of hydrogen-bond acceptors (Lipinski definition) is 0. The van der Waals surface area contributed by atoms with E-state index in [1.54, 1.807) is 0 Å². The monoisotopic (exact) mass is 594 g/mol. The van der Waals surface area contributed by atoms with Crippen LogP contribution in [0.3, 0.4) is 0 Å². The molecule has 150 valence electrons. The molecule has 1 heteroatoms. The first-order valence-corrected chi connectivity index (χ1v) is 19.4. The van der Waals surface area contributed by atoms with Gasteiger partial charge in [0.15, 0.2) is 0 Å². The molecule has 5 aromatic rings. The Balaban J connectivity index is 2.14. The number of hydrogen-bond donors (Lipinski definition) is 0. The van der Waals surface area contributed by atoms with Crippen LogP contribution in [-0.4, -0.2) is 18.8 Å². The van der Waals surface area contributed by atoms with Crippen molar-refractivity contribution in [2.24, 2.45) is 0 Å². The molecule has 0 heterocycles. The third kappa shape index (κ3) is 2.84. The van der Waals surface area contributed by atoms with E-state index in [9.17, 15) is 0 Å². The molecule has 0 spiro atoms. The molecule has 0 radical (unpaired) electrons. The minimum absolute atomic E-state index is 1.43. The Kier molecular flexibility index (Phi) is 5.30. The van der Waals surface area contributed by atoms with Gasteiger partial charge in [0, 0.05) is 0 Å². The molecule has 0 aromatic heterocycles. The number of benzene rings is 5. The normalized spacial score (nSPS) is 12.6. The molecule has 0 N–H and O–H groups in total. The van der Waals surface area contributed by atoms with Gasteiger partial charge in [0.1, 0.15) is 0 Å². The van der Waals surface area contributed by atoms with Crippen LogP contribution in [0.4, 0.5) is 0 Å². The summed E-state index contributed by atoms with van der Waals surface area (Å²) in [5.74, 6) is 0. The molecule has 0 saturated heterocycles. The Morgan fingerprint density at radius 2 is 0.387 bits per heavy atom. The second kappa shape index (κ2) is 8.25. The van der Waals surface area contributed by atoms with E-state index < -0.39 is 18.8 Å². The van der Waals surface area contributed by atoms with Crippen LogP contribution in [0.2, 0.25) is 0 Å². The predicted molar refractivity (Wildman–Crippen MR) is 136 cm³/mol. The fourth-order valence-electron chi connectivity index (χ4n) is 5.12. The molecule has 0 amide bonds. The van der Waals surface area contributed by atoms with Gasteiger partial charge in [-0.05, 0) is 0 Å². The maximum atomic E-state index is 2.35. The summed E-state index contributed by atoms with van der Waals surface area (Å²) in [7, 11) is 0. The van der Waals surface area contributed by atoms with Crippen LogP contribution in [0, 0.1) is 0 Å². The molecule has 0 saturated carbocycles. The molecule has 0 aliphatic rings. The van der Waals surface area contributed by atoms with Gasteiger partial charge < -0.3 is 0 Å². The summed E-state index contributed by atoms with van der Waals surface area (Å²) in [6.45, 7) is 0. The van der Waals surface area contributed by atoms with Crippen LogP contribution in [0.15, 0.2) is 152 Å². The first-order valence-electron chi connectivity index (χ1n) is 10.7. The van der Waals surface area contributed by atoms with Crippen LogP contribution in [0.25, 0.3) is 0 Å².